The molecule has 1 N–H and O–H groups in total. The number of furan rings is 1. The van der Waals surface area contributed by atoms with Crippen LogP contribution in [0.2, 0.25) is 0 Å². The second-order valence-corrected chi connectivity index (χ2v) is 3.55. The minimum absolute atomic E-state index is 0.356. The SMILES string of the molecule is CC(CNCc1ccco1)n1cccn1. The molecule has 0 saturated carbocycles. The summed E-state index contributed by atoms with van der Waals surface area (Å²) in [5, 5.41) is 7.51. The topological polar surface area (TPSA) is 43.0 Å². The van der Waals surface area contributed by atoms with Crippen LogP contribution in [-0.2, 0) is 6.54 Å². The highest BCUT2D eigenvalue weighted by Crippen LogP contribution is 2.03. The normalized spacial score (nSPS) is 12.9. The van der Waals surface area contributed by atoms with Crippen LogP contribution in [-0.4, -0.2) is 16.3 Å². The summed E-state index contributed by atoms with van der Waals surface area (Å²) in [4.78, 5) is 0. The molecule has 2 heterocycles. The Bertz CT molecular complexity index is 366. The Balaban J connectivity index is 1.74. The molecule has 0 fully saturated rings. The third-order valence-electron chi connectivity index (χ3n) is 2.30. The predicted molar refractivity (Wildman–Crippen MR) is 57.4 cm³/mol. The van der Waals surface area contributed by atoms with E-state index in [0.717, 1.165) is 18.8 Å². The van der Waals surface area contributed by atoms with E-state index in [1.54, 1.807) is 12.5 Å². The molecule has 0 aliphatic rings. The number of hydrogen-bond donors (Lipinski definition) is 1. The van der Waals surface area contributed by atoms with Gasteiger partial charge in [-0.1, -0.05) is 0 Å². The van der Waals surface area contributed by atoms with E-state index in [2.05, 4.69) is 17.3 Å². The molecular formula is C11H15N3O. The lowest BCUT2D eigenvalue weighted by atomic mass is 10.3. The number of nitrogens with one attached hydrogen (secondary N) is 1. The molecule has 1 atom stereocenters. The van der Waals surface area contributed by atoms with Gasteiger partial charge in [0.2, 0.25) is 0 Å². The number of hydrogen-bond acceptors (Lipinski definition) is 3. The molecule has 4 nitrogen and oxygen atoms in total. The van der Waals surface area contributed by atoms with Gasteiger partial charge in [0.25, 0.3) is 0 Å². The Labute approximate surface area is 88.9 Å². The average Bonchev–Trinajstić information content (AvgIpc) is 2.90. The van der Waals surface area contributed by atoms with Gasteiger partial charge in [-0.15, -0.1) is 0 Å². The van der Waals surface area contributed by atoms with Crippen molar-refractivity contribution in [1.29, 1.82) is 0 Å². The molecule has 2 aromatic rings. The summed E-state index contributed by atoms with van der Waals surface area (Å²) < 4.78 is 7.16. The van der Waals surface area contributed by atoms with E-state index in [1.165, 1.54) is 0 Å². The molecule has 0 saturated heterocycles. The van der Waals surface area contributed by atoms with Gasteiger partial charge in [0, 0.05) is 18.9 Å². The van der Waals surface area contributed by atoms with Crippen molar-refractivity contribution in [2.45, 2.75) is 19.5 Å². The predicted octanol–water partition coefficient (Wildman–Crippen LogP) is 1.83. The molecule has 0 amide bonds. The molecule has 15 heavy (non-hydrogen) atoms. The molecule has 0 spiro atoms. The Morgan fingerprint density at radius 3 is 3.13 bits per heavy atom. The van der Waals surface area contributed by atoms with Crippen molar-refractivity contribution in [2.24, 2.45) is 0 Å². The zero-order valence-electron chi connectivity index (χ0n) is 8.76. The van der Waals surface area contributed by atoms with Crippen molar-refractivity contribution in [2.75, 3.05) is 6.54 Å². The van der Waals surface area contributed by atoms with Crippen molar-refractivity contribution >= 4 is 0 Å². The van der Waals surface area contributed by atoms with E-state index >= 15 is 0 Å². The molecule has 0 aliphatic heterocycles. The summed E-state index contributed by atoms with van der Waals surface area (Å²) in [6.07, 6.45) is 5.45. The monoisotopic (exact) mass is 205 g/mol. The van der Waals surface area contributed by atoms with Crippen LogP contribution in [0.5, 0.6) is 0 Å². The van der Waals surface area contributed by atoms with E-state index in [0.29, 0.717) is 6.04 Å². The Hall–Kier alpha value is -1.55. The Morgan fingerprint density at radius 2 is 2.47 bits per heavy atom. The van der Waals surface area contributed by atoms with Gasteiger partial charge in [0.1, 0.15) is 5.76 Å². The largest absolute Gasteiger partial charge is 0.468 e. The number of aromatic nitrogens is 2. The van der Waals surface area contributed by atoms with Crippen molar-refractivity contribution in [3.05, 3.63) is 42.6 Å². The summed E-state index contributed by atoms with van der Waals surface area (Å²) in [7, 11) is 0. The zero-order chi connectivity index (χ0) is 10.5. The summed E-state index contributed by atoms with van der Waals surface area (Å²) in [6.45, 7) is 3.77. The van der Waals surface area contributed by atoms with E-state index in [4.69, 9.17) is 4.42 Å². The standard InChI is InChI=1S/C11H15N3O/c1-10(14-6-3-5-13-14)8-12-9-11-4-2-7-15-11/h2-7,10,12H,8-9H2,1H3. The van der Waals surface area contributed by atoms with Gasteiger partial charge in [-0.3, -0.25) is 4.68 Å². The quantitative estimate of drug-likeness (QED) is 0.809. The highest BCUT2D eigenvalue weighted by Gasteiger charge is 2.03. The molecule has 4 heteroatoms. The highest BCUT2D eigenvalue weighted by molar-refractivity contribution is 4.97. The summed E-state index contributed by atoms with van der Waals surface area (Å²) in [6, 6.07) is 6.15. The van der Waals surface area contributed by atoms with E-state index < -0.39 is 0 Å². The number of rotatable bonds is 5. The molecule has 2 rings (SSSR count). The van der Waals surface area contributed by atoms with Crippen LogP contribution in [0.3, 0.4) is 0 Å². The van der Waals surface area contributed by atoms with Crippen LogP contribution in [0.15, 0.2) is 41.3 Å². The smallest absolute Gasteiger partial charge is 0.117 e. The van der Waals surface area contributed by atoms with Crippen LogP contribution >= 0.6 is 0 Å². The maximum absolute atomic E-state index is 5.22. The van der Waals surface area contributed by atoms with E-state index in [-0.39, 0.29) is 0 Å². The lowest BCUT2D eigenvalue weighted by molar-refractivity contribution is 0.427. The molecule has 2 aromatic heterocycles. The van der Waals surface area contributed by atoms with Crippen LogP contribution in [0, 0.1) is 0 Å². The van der Waals surface area contributed by atoms with Crippen LogP contribution < -0.4 is 5.32 Å². The average molecular weight is 205 g/mol. The molecule has 0 aliphatic carbocycles. The fourth-order valence-electron chi connectivity index (χ4n) is 1.45. The first-order chi connectivity index (χ1) is 7.36. The van der Waals surface area contributed by atoms with Crippen molar-refractivity contribution in [3.8, 4) is 0 Å². The maximum Gasteiger partial charge on any atom is 0.117 e. The summed E-state index contributed by atoms with van der Waals surface area (Å²) >= 11 is 0. The Morgan fingerprint density at radius 1 is 1.53 bits per heavy atom. The Kier molecular flexibility index (Phi) is 3.19. The van der Waals surface area contributed by atoms with Gasteiger partial charge in [-0.25, -0.2) is 0 Å². The van der Waals surface area contributed by atoms with Gasteiger partial charge in [-0.2, -0.15) is 5.10 Å². The van der Waals surface area contributed by atoms with Gasteiger partial charge in [0.05, 0.1) is 18.8 Å². The highest BCUT2D eigenvalue weighted by atomic mass is 16.3. The fourth-order valence-corrected chi connectivity index (χ4v) is 1.45. The lowest BCUT2D eigenvalue weighted by Crippen LogP contribution is -2.23. The minimum Gasteiger partial charge on any atom is -0.468 e. The van der Waals surface area contributed by atoms with Gasteiger partial charge < -0.3 is 9.73 Å². The first-order valence-corrected chi connectivity index (χ1v) is 5.08. The summed E-state index contributed by atoms with van der Waals surface area (Å²) in [5.74, 6) is 0.961. The third-order valence-corrected chi connectivity index (χ3v) is 2.30. The molecule has 0 bridgehead atoms. The fraction of sp³-hybridized carbons (Fsp3) is 0.364. The van der Waals surface area contributed by atoms with Crippen LogP contribution in [0.4, 0.5) is 0 Å². The lowest BCUT2D eigenvalue weighted by Gasteiger charge is -2.12. The summed E-state index contributed by atoms with van der Waals surface area (Å²) in [5.41, 5.74) is 0. The molecule has 0 aromatic carbocycles. The number of nitrogens with zero attached hydrogens (tertiary/aromatic N) is 2. The van der Waals surface area contributed by atoms with Gasteiger partial charge >= 0.3 is 0 Å². The van der Waals surface area contributed by atoms with Crippen molar-refractivity contribution in [1.82, 2.24) is 15.1 Å². The minimum atomic E-state index is 0.356. The van der Waals surface area contributed by atoms with Crippen molar-refractivity contribution < 1.29 is 4.42 Å². The third kappa shape index (κ3) is 2.70. The second kappa shape index (κ2) is 4.79. The van der Waals surface area contributed by atoms with Crippen molar-refractivity contribution in [3.63, 3.8) is 0 Å². The molecular weight excluding hydrogens is 190 g/mol. The van der Waals surface area contributed by atoms with Gasteiger partial charge in [-0.05, 0) is 25.1 Å². The van der Waals surface area contributed by atoms with Gasteiger partial charge in [0.15, 0.2) is 0 Å². The van der Waals surface area contributed by atoms with Crippen LogP contribution in [0.25, 0.3) is 0 Å². The first kappa shape index (κ1) is 9.98. The van der Waals surface area contributed by atoms with E-state index in [1.807, 2.05) is 29.1 Å². The molecule has 80 valence electrons. The zero-order valence-corrected chi connectivity index (χ0v) is 8.76. The first-order valence-electron chi connectivity index (χ1n) is 5.08. The maximum atomic E-state index is 5.22. The van der Waals surface area contributed by atoms with Crippen LogP contribution in [0.1, 0.15) is 18.7 Å². The molecule has 1 unspecified atom stereocenters. The molecule has 0 radical (unpaired) electrons. The van der Waals surface area contributed by atoms with E-state index in [9.17, 15) is 0 Å². The second-order valence-electron chi connectivity index (χ2n) is 3.55.